The van der Waals surface area contributed by atoms with Gasteiger partial charge in [-0.25, -0.2) is 9.59 Å². The van der Waals surface area contributed by atoms with E-state index in [1.165, 1.54) is 24.9 Å². The van der Waals surface area contributed by atoms with E-state index in [-0.39, 0.29) is 13.0 Å². The number of nitrogens with zero attached hydrogens (tertiary/aromatic N) is 1. The van der Waals surface area contributed by atoms with Crippen LogP contribution in [0.5, 0.6) is 0 Å². The molecule has 2 aromatic rings. The Morgan fingerprint density at radius 1 is 1.27 bits per heavy atom. The Morgan fingerprint density at radius 3 is 2.73 bits per heavy atom. The quantitative estimate of drug-likeness (QED) is 0.612. The molecule has 0 N–H and O–H groups in total. The fourth-order valence-corrected chi connectivity index (χ4v) is 1.93. The number of hydrogen-bond donors (Lipinski definition) is 0. The second kappa shape index (κ2) is 6.75. The van der Waals surface area contributed by atoms with Crippen molar-refractivity contribution in [2.24, 2.45) is 0 Å². The first-order valence-electron chi connectivity index (χ1n) is 6.51. The van der Waals surface area contributed by atoms with Gasteiger partial charge in [-0.05, 0) is 23.8 Å². The maximum absolute atomic E-state index is 11.8. The first-order chi connectivity index (χ1) is 10.5. The molecule has 0 saturated heterocycles. The maximum atomic E-state index is 11.8. The Kier molecular flexibility index (Phi) is 4.77. The molecule has 0 spiro atoms. The van der Waals surface area contributed by atoms with Gasteiger partial charge in [0.1, 0.15) is 0 Å². The lowest BCUT2D eigenvalue weighted by molar-refractivity contribution is -0.141. The summed E-state index contributed by atoms with van der Waals surface area (Å²) in [6.45, 7) is 0.155. The molecule has 0 aliphatic rings. The van der Waals surface area contributed by atoms with Crippen LogP contribution in [0.1, 0.15) is 12.0 Å². The minimum absolute atomic E-state index is 0.0628. The Morgan fingerprint density at radius 2 is 2.05 bits per heavy atom. The largest absolute Gasteiger partial charge is 0.469 e. The lowest BCUT2D eigenvalue weighted by atomic mass is 10.2. The number of fused-ring (bicyclic) bond motifs is 1. The van der Waals surface area contributed by atoms with E-state index < -0.39 is 17.7 Å². The molecule has 1 aromatic carbocycles. The predicted octanol–water partition coefficient (Wildman–Crippen LogP) is 1.34. The fraction of sp³-hybridized carbons (Fsp3) is 0.267. The number of esters is 2. The zero-order chi connectivity index (χ0) is 16.1. The number of aryl methyl sites for hydroxylation is 1. The zero-order valence-corrected chi connectivity index (χ0v) is 12.2. The van der Waals surface area contributed by atoms with Gasteiger partial charge in [0.25, 0.3) is 0 Å². The number of hydrogen-bond acceptors (Lipinski definition) is 6. The number of carbonyl (C=O) groups is 2. The molecule has 1 heterocycles. The van der Waals surface area contributed by atoms with E-state index >= 15 is 0 Å². The molecule has 0 unspecified atom stereocenters. The number of ether oxygens (including phenoxy) is 2. The van der Waals surface area contributed by atoms with Gasteiger partial charge in [-0.3, -0.25) is 9.36 Å². The van der Waals surface area contributed by atoms with E-state index in [0.29, 0.717) is 16.7 Å². The summed E-state index contributed by atoms with van der Waals surface area (Å²) in [5.41, 5.74) is 1.65. The average Bonchev–Trinajstić information content (AvgIpc) is 2.84. The third-order valence-electron chi connectivity index (χ3n) is 3.07. The van der Waals surface area contributed by atoms with Gasteiger partial charge in [-0.1, -0.05) is 6.07 Å². The summed E-state index contributed by atoms with van der Waals surface area (Å²) in [4.78, 5) is 34.1. The highest BCUT2D eigenvalue weighted by Crippen LogP contribution is 2.16. The van der Waals surface area contributed by atoms with Crippen LogP contribution in [0.3, 0.4) is 0 Å². The number of rotatable bonds is 5. The summed E-state index contributed by atoms with van der Waals surface area (Å²) in [5.74, 6) is -1.44. The van der Waals surface area contributed by atoms with E-state index in [9.17, 15) is 14.4 Å². The number of carbonyl (C=O) groups excluding carboxylic acids is 2. The Balaban J connectivity index is 2.34. The van der Waals surface area contributed by atoms with Gasteiger partial charge in [-0.2, -0.15) is 0 Å². The molecule has 0 atom stereocenters. The molecule has 1 aromatic heterocycles. The van der Waals surface area contributed by atoms with Crippen LogP contribution in [0.25, 0.3) is 17.2 Å². The van der Waals surface area contributed by atoms with E-state index in [4.69, 9.17) is 4.42 Å². The zero-order valence-electron chi connectivity index (χ0n) is 12.2. The molecule has 7 nitrogen and oxygen atoms in total. The second-order valence-electron chi connectivity index (χ2n) is 4.43. The molecule has 0 bridgehead atoms. The van der Waals surface area contributed by atoms with Crippen molar-refractivity contribution in [1.29, 1.82) is 0 Å². The minimum atomic E-state index is -0.548. The van der Waals surface area contributed by atoms with Crippen LogP contribution in [0.4, 0.5) is 0 Å². The van der Waals surface area contributed by atoms with Crippen molar-refractivity contribution in [3.8, 4) is 0 Å². The molecular weight excluding hydrogens is 290 g/mol. The van der Waals surface area contributed by atoms with Crippen LogP contribution in [-0.4, -0.2) is 30.7 Å². The number of aromatic nitrogens is 1. The third kappa shape index (κ3) is 3.43. The van der Waals surface area contributed by atoms with Crippen molar-refractivity contribution in [2.75, 3.05) is 14.2 Å². The first-order valence-corrected chi connectivity index (χ1v) is 6.51. The molecule has 0 aliphatic heterocycles. The number of oxazole rings is 1. The van der Waals surface area contributed by atoms with Gasteiger partial charge in [0, 0.05) is 12.6 Å². The first kappa shape index (κ1) is 15.6. The topological polar surface area (TPSA) is 87.7 Å². The average molecular weight is 305 g/mol. The van der Waals surface area contributed by atoms with Gasteiger partial charge >= 0.3 is 17.7 Å². The van der Waals surface area contributed by atoms with Crippen LogP contribution in [0, 0.1) is 0 Å². The molecule has 7 heteroatoms. The van der Waals surface area contributed by atoms with Crippen LogP contribution >= 0.6 is 0 Å². The summed E-state index contributed by atoms with van der Waals surface area (Å²) in [5, 5.41) is 0. The standard InChI is InChI=1S/C15H15NO6/c1-20-13(17)6-4-10-3-5-12-11(9-10)16(15(19)22-12)8-7-14(18)21-2/h3-6,9H,7-8H2,1-2H3/b6-4+. The molecule has 22 heavy (non-hydrogen) atoms. The SMILES string of the molecule is COC(=O)/C=C/c1ccc2oc(=O)n(CCC(=O)OC)c2c1. The van der Waals surface area contributed by atoms with Crippen LogP contribution in [0.15, 0.2) is 33.5 Å². The van der Waals surface area contributed by atoms with E-state index in [1.54, 1.807) is 24.3 Å². The Labute approximate surface area is 125 Å². The van der Waals surface area contributed by atoms with Crippen molar-refractivity contribution in [2.45, 2.75) is 13.0 Å². The second-order valence-corrected chi connectivity index (χ2v) is 4.43. The van der Waals surface area contributed by atoms with Crippen molar-refractivity contribution >= 4 is 29.1 Å². The molecule has 0 amide bonds. The molecule has 0 fully saturated rings. The normalized spacial score (nSPS) is 11.0. The Bertz CT molecular complexity index is 783. The van der Waals surface area contributed by atoms with Crippen LogP contribution < -0.4 is 5.76 Å². The van der Waals surface area contributed by atoms with Gasteiger partial charge in [-0.15, -0.1) is 0 Å². The summed E-state index contributed by atoms with van der Waals surface area (Å²) < 4.78 is 15.5. The van der Waals surface area contributed by atoms with Gasteiger partial charge in [0.2, 0.25) is 0 Å². The highest BCUT2D eigenvalue weighted by molar-refractivity contribution is 5.88. The molecular formula is C15H15NO6. The molecule has 0 saturated carbocycles. The number of methoxy groups -OCH3 is 2. The summed E-state index contributed by atoms with van der Waals surface area (Å²) in [7, 11) is 2.57. The van der Waals surface area contributed by atoms with Gasteiger partial charge < -0.3 is 13.9 Å². The lowest BCUT2D eigenvalue weighted by Gasteiger charge is -2.01. The monoisotopic (exact) mass is 305 g/mol. The van der Waals surface area contributed by atoms with Gasteiger partial charge in [0.05, 0.1) is 26.2 Å². The molecule has 0 aliphatic carbocycles. The maximum Gasteiger partial charge on any atom is 0.419 e. The van der Waals surface area contributed by atoms with Gasteiger partial charge in [0.15, 0.2) is 5.58 Å². The van der Waals surface area contributed by atoms with Crippen molar-refractivity contribution in [1.82, 2.24) is 4.57 Å². The Hall–Kier alpha value is -2.83. The minimum Gasteiger partial charge on any atom is -0.469 e. The fourth-order valence-electron chi connectivity index (χ4n) is 1.93. The molecule has 0 radical (unpaired) electrons. The smallest absolute Gasteiger partial charge is 0.419 e. The summed E-state index contributed by atoms with van der Waals surface area (Å²) in [6.07, 6.45) is 2.90. The van der Waals surface area contributed by atoms with Crippen molar-refractivity contribution in [3.63, 3.8) is 0 Å². The number of benzene rings is 1. The lowest BCUT2D eigenvalue weighted by Crippen LogP contribution is -2.17. The highest BCUT2D eigenvalue weighted by atomic mass is 16.5. The molecule has 116 valence electrons. The summed E-state index contributed by atoms with van der Waals surface area (Å²) in [6, 6.07) is 5.02. The van der Waals surface area contributed by atoms with Crippen LogP contribution in [-0.2, 0) is 25.6 Å². The van der Waals surface area contributed by atoms with Crippen molar-refractivity contribution < 1.29 is 23.5 Å². The van der Waals surface area contributed by atoms with Crippen LogP contribution in [0.2, 0.25) is 0 Å². The van der Waals surface area contributed by atoms with E-state index in [1.807, 2.05) is 0 Å². The van der Waals surface area contributed by atoms with E-state index in [2.05, 4.69) is 9.47 Å². The van der Waals surface area contributed by atoms with Crippen molar-refractivity contribution in [3.05, 3.63) is 40.4 Å². The highest BCUT2D eigenvalue weighted by Gasteiger charge is 2.11. The summed E-state index contributed by atoms with van der Waals surface area (Å²) >= 11 is 0. The van der Waals surface area contributed by atoms with E-state index in [0.717, 1.165) is 0 Å². The third-order valence-corrected chi connectivity index (χ3v) is 3.07. The molecule has 2 rings (SSSR count). The predicted molar refractivity (Wildman–Crippen MR) is 78.2 cm³/mol.